The Bertz CT molecular complexity index is 1960. The highest BCUT2D eigenvalue weighted by atomic mass is 16.2. The molecule has 1 atom stereocenters. The van der Waals surface area contributed by atoms with Crippen molar-refractivity contribution in [1.29, 1.82) is 5.26 Å². The number of benzene rings is 4. The molecule has 4 aromatic rings. The Kier molecular flexibility index (Phi) is 13.0. The molecule has 3 amide bonds. The number of anilines is 2. The molecule has 4 aromatic carbocycles. The molecule has 2 saturated heterocycles. The van der Waals surface area contributed by atoms with E-state index in [9.17, 15) is 19.6 Å². The average Bonchev–Trinajstić information content (AvgIpc) is 3.22. The molecule has 2 fully saturated rings. The first-order valence-electron chi connectivity index (χ1n) is 19.1. The number of nitriles is 1. The van der Waals surface area contributed by atoms with Gasteiger partial charge < -0.3 is 24.5 Å². The Hall–Kier alpha value is -5.92. The van der Waals surface area contributed by atoms with E-state index in [2.05, 4.69) is 57.2 Å². The van der Waals surface area contributed by atoms with Crippen molar-refractivity contribution < 1.29 is 14.4 Å². The second-order valence-electron chi connectivity index (χ2n) is 14.6. The molecule has 0 spiro atoms. The maximum atomic E-state index is 14.7. The summed E-state index contributed by atoms with van der Waals surface area (Å²) in [6, 6.07) is 35.2. The van der Waals surface area contributed by atoms with Gasteiger partial charge in [0.15, 0.2) is 0 Å². The Morgan fingerprint density at radius 1 is 0.727 bits per heavy atom. The average molecular weight is 738 g/mol. The number of carbonyl (C=O) groups is 3. The van der Waals surface area contributed by atoms with E-state index in [1.807, 2.05) is 78.5 Å². The predicted octanol–water partition coefficient (Wildman–Crippen LogP) is 5.29. The molecule has 2 aliphatic heterocycles. The molecule has 0 saturated carbocycles. The fourth-order valence-corrected chi connectivity index (χ4v) is 7.23. The summed E-state index contributed by atoms with van der Waals surface area (Å²) in [5, 5.41) is 9.24. The van der Waals surface area contributed by atoms with Crippen LogP contribution in [0.25, 0.3) is 6.08 Å². The van der Waals surface area contributed by atoms with Gasteiger partial charge in [0, 0.05) is 110 Å². The van der Waals surface area contributed by atoms with E-state index in [1.54, 1.807) is 30.0 Å². The van der Waals surface area contributed by atoms with Crippen molar-refractivity contribution in [2.75, 3.05) is 76.3 Å². The molecule has 284 valence electrons. The van der Waals surface area contributed by atoms with Gasteiger partial charge in [-0.1, -0.05) is 66.7 Å². The third-order valence-corrected chi connectivity index (χ3v) is 10.6. The number of hydrogen-bond acceptors (Lipinski definition) is 7. The van der Waals surface area contributed by atoms with Gasteiger partial charge in [0.25, 0.3) is 0 Å². The Morgan fingerprint density at radius 3 is 1.95 bits per heavy atom. The van der Waals surface area contributed by atoms with Gasteiger partial charge in [-0.25, -0.2) is 0 Å². The van der Waals surface area contributed by atoms with Crippen LogP contribution in [0.2, 0.25) is 0 Å². The third-order valence-electron chi connectivity index (χ3n) is 10.6. The Labute approximate surface area is 325 Å². The minimum atomic E-state index is -0.732. The monoisotopic (exact) mass is 737 g/mol. The van der Waals surface area contributed by atoms with E-state index in [4.69, 9.17) is 0 Å². The maximum Gasteiger partial charge on any atom is 0.247 e. The number of carbonyl (C=O) groups excluding carboxylic acids is 3. The van der Waals surface area contributed by atoms with Gasteiger partial charge in [-0.15, -0.1) is 0 Å². The lowest BCUT2D eigenvalue weighted by Gasteiger charge is -2.39. The van der Waals surface area contributed by atoms with Crippen LogP contribution in [0.1, 0.15) is 34.7 Å². The molecule has 0 radical (unpaired) electrons. The van der Waals surface area contributed by atoms with Gasteiger partial charge in [-0.2, -0.15) is 5.26 Å². The highest BCUT2D eigenvalue weighted by molar-refractivity contribution is 5.96. The van der Waals surface area contributed by atoms with Crippen molar-refractivity contribution >= 4 is 35.2 Å². The van der Waals surface area contributed by atoms with Crippen LogP contribution in [0.3, 0.4) is 0 Å². The maximum absolute atomic E-state index is 14.7. The highest BCUT2D eigenvalue weighted by Gasteiger charge is 2.34. The van der Waals surface area contributed by atoms with Gasteiger partial charge in [0.1, 0.15) is 6.04 Å². The first-order valence-corrected chi connectivity index (χ1v) is 19.1. The molecule has 2 aliphatic rings. The minimum absolute atomic E-state index is 0.0566. The lowest BCUT2D eigenvalue weighted by molar-refractivity contribution is -0.145. The fraction of sp³-hybridized carbons (Fsp3) is 0.333. The van der Waals surface area contributed by atoms with Crippen LogP contribution in [0.4, 0.5) is 11.4 Å². The predicted molar refractivity (Wildman–Crippen MR) is 218 cm³/mol. The fourth-order valence-electron chi connectivity index (χ4n) is 7.23. The van der Waals surface area contributed by atoms with E-state index in [1.165, 1.54) is 11.6 Å². The molecule has 0 bridgehead atoms. The van der Waals surface area contributed by atoms with Crippen molar-refractivity contribution in [3.8, 4) is 6.07 Å². The summed E-state index contributed by atoms with van der Waals surface area (Å²) in [5.41, 5.74) is 6.70. The van der Waals surface area contributed by atoms with Crippen molar-refractivity contribution in [3.05, 3.63) is 137 Å². The standard InChI is InChI=1S/C45H51N7O3/c1-35(53)49-27-29-50(30-28-49)42-20-15-40(16-21-42)34-52(44(54)22-17-36-9-11-38(32-46)12-10-36)43(31-37-7-5-4-6-8-37)45(55)51-25-23-48(24-26-51)33-39-13-18-41(19-14-39)47(2)3/h4-22,43H,23-31,33-34H2,1-3H3/b22-17+/t43-/m0/s1. The molecule has 0 aromatic heterocycles. The van der Waals surface area contributed by atoms with Gasteiger partial charge in [-0.3, -0.25) is 19.3 Å². The van der Waals surface area contributed by atoms with Gasteiger partial charge in [0.05, 0.1) is 11.6 Å². The lowest BCUT2D eigenvalue weighted by Crippen LogP contribution is -2.56. The second kappa shape index (κ2) is 18.4. The summed E-state index contributed by atoms with van der Waals surface area (Å²) >= 11 is 0. The number of rotatable bonds is 12. The first kappa shape index (κ1) is 38.8. The van der Waals surface area contributed by atoms with Crippen LogP contribution < -0.4 is 9.80 Å². The van der Waals surface area contributed by atoms with Crippen LogP contribution in [0.5, 0.6) is 0 Å². The lowest BCUT2D eigenvalue weighted by atomic mass is 10.0. The van der Waals surface area contributed by atoms with Crippen LogP contribution in [0, 0.1) is 11.3 Å². The van der Waals surface area contributed by atoms with Gasteiger partial charge in [0.2, 0.25) is 17.7 Å². The summed E-state index contributed by atoms with van der Waals surface area (Å²) in [4.78, 5) is 53.2. The highest BCUT2D eigenvalue weighted by Crippen LogP contribution is 2.23. The SMILES string of the molecule is CC(=O)N1CCN(c2ccc(CN(C(=O)/C=C/c3ccc(C#N)cc3)[C@@H](Cc3ccccc3)C(=O)N3CCN(Cc4ccc(N(C)C)cc4)CC3)cc2)CC1. The molecule has 10 heteroatoms. The van der Waals surface area contributed by atoms with E-state index in [0.29, 0.717) is 38.2 Å². The van der Waals surface area contributed by atoms with Crippen LogP contribution >= 0.6 is 0 Å². The van der Waals surface area contributed by atoms with Crippen LogP contribution in [-0.2, 0) is 33.9 Å². The molecule has 55 heavy (non-hydrogen) atoms. The molecule has 0 N–H and O–H groups in total. The number of nitrogens with zero attached hydrogens (tertiary/aromatic N) is 7. The quantitative estimate of drug-likeness (QED) is 0.183. The first-order chi connectivity index (χ1) is 26.7. The molecule has 10 nitrogen and oxygen atoms in total. The van der Waals surface area contributed by atoms with Crippen molar-refractivity contribution in [2.24, 2.45) is 0 Å². The van der Waals surface area contributed by atoms with Crippen molar-refractivity contribution in [3.63, 3.8) is 0 Å². The van der Waals surface area contributed by atoms with E-state index < -0.39 is 6.04 Å². The van der Waals surface area contributed by atoms with Crippen molar-refractivity contribution in [2.45, 2.75) is 32.5 Å². The molecule has 0 aliphatic carbocycles. The third kappa shape index (κ3) is 10.4. The summed E-state index contributed by atoms with van der Waals surface area (Å²) in [6.07, 6.45) is 3.66. The van der Waals surface area contributed by atoms with Crippen LogP contribution in [0.15, 0.2) is 109 Å². The molecule has 6 rings (SSSR count). The second-order valence-corrected chi connectivity index (χ2v) is 14.6. The summed E-state index contributed by atoms with van der Waals surface area (Å²) in [5.74, 6) is -0.220. The zero-order valence-corrected chi connectivity index (χ0v) is 32.2. The van der Waals surface area contributed by atoms with E-state index in [-0.39, 0.29) is 24.3 Å². The molecule has 2 heterocycles. The number of hydrogen-bond donors (Lipinski definition) is 0. The Morgan fingerprint density at radius 2 is 1.35 bits per heavy atom. The largest absolute Gasteiger partial charge is 0.378 e. The summed E-state index contributed by atoms with van der Waals surface area (Å²) in [7, 11) is 4.07. The van der Waals surface area contributed by atoms with Gasteiger partial charge >= 0.3 is 0 Å². The van der Waals surface area contributed by atoms with E-state index in [0.717, 1.165) is 60.8 Å². The topological polar surface area (TPSA) is 94.4 Å². The molecular formula is C45H51N7O3. The summed E-state index contributed by atoms with van der Waals surface area (Å²) in [6.45, 7) is 8.21. The summed E-state index contributed by atoms with van der Waals surface area (Å²) < 4.78 is 0. The normalized spacial score (nSPS) is 15.4. The molecular weight excluding hydrogens is 687 g/mol. The number of piperazine rings is 2. The smallest absolute Gasteiger partial charge is 0.247 e. The minimum Gasteiger partial charge on any atom is -0.378 e. The molecule has 0 unspecified atom stereocenters. The zero-order chi connectivity index (χ0) is 38.7. The van der Waals surface area contributed by atoms with Crippen LogP contribution in [-0.4, -0.2) is 110 Å². The zero-order valence-electron chi connectivity index (χ0n) is 32.2. The Balaban J connectivity index is 1.23. The van der Waals surface area contributed by atoms with Crippen molar-refractivity contribution in [1.82, 2.24) is 19.6 Å². The number of amides is 3. The van der Waals surface area contributed by atoms with E-state index >= 15 is 0 Å². The van der Waals surface area contributed by atoms with Gasteiger partial charge in [-0.05, 0) is 64.7 Å².